The first-order chi connectivity index (χ1) is 7.81. The van der Waals surface area contributed by atoms with Crippen LogP contribution < -0.4 is 5.32 Å². The molecule has 1 aromatic rings. The molecule has 5 heteroatoms. The molecule has 1 aliphatic rings. The van der Waals surface area contributed by atoms with Crippen molar-refractivity contribution in [1.29, 1.82) is 0 Å². The summed E-state index contributed by atoms with van der Waals surface area (Å²) in [6.45, 7) is 3.51. The van der Waals surface area contributed by atoms with Gasteiger partial charge < -0.3 is 14.6 Å². The zero-order valence-electron chi connectivity index (χ0n) is 9.90. The van der Waals surface area contributed by atoms with E-state index in [1.54, 1.807) is 0 Å². The second-order valence-electron chi connectivity index (χ2n) is 4.25. The molecule has 1 N–H and O–H groups in total. The summed E-state index contributed by atoms with van der Waals surface area (Å²) >= 11 is 0. The fourth-order valence-electron chi connectivity index (χ4n) is 2.06. The van der Waals surface area contributed by atoms with Crippen LogP contribution in [-0.4, -0.2) is 29.9 Å². The summed E-state index contributed by atoms with van der Waals surface area (Å²) in [5.74, 6) is 2.14. The fourth-order valence-corrected chi connectivity index (χ4v) is 2.06. The largest absolute Gasteiger partial charge is 0.378 e. The number of hydrogen-bond donors (Lipinski definition) is 1. The van der Waals surface area contributed by atoms with Gasteiger partial charge in [0.2, 0.25) is 5.89 Å². The molecule has 0 bridgehead atoms. The summed E-state index contributed by atoms with van der Waals surface area (Å²) in [6.07, 6.45) is 3.59. The molecule has 1 saturated carbocycles. The summed E-state index contributed by atoms with van der Waals surface area (Å²) in [4.78, 5) is 4.31. The Kier molecular flexibility index (Phi) is 3.90. The Morgan fingerprint density at radius 1 is 1.50 bits per heavy atom. The van der Waals surface area contributed by atoms with E-state index in [9.17, 15) is 0 Å². The number of rotatable bonds is 6. The molecule has 0 saturated heterocycles. The number of ether oxygens (including phenoxy) is 1. The van der Waals surface area contributed by atoms with Crippen LogP contribution in [0.1, 0.15) is 31.5 Å². The third kappa shape index (κ3) is 2.80. The lowest BCUT2D eigenvalue weighted by atomic mass is 9.80. The monoisotopic (exact) mass is 225 g/mol. The highest BCUT2D eigenvalue weighted by Gasteiger charge is 2.30. The second kappa shape index (κ2) is 5.41. The Balaban J connectivity index is 1.73. The predicted molar refractivity (Wildman–Crippen MR) is 58.9 cm³/mol. The molecule has 1 fully saturated rings. The molecule has 1 heterocycles. The first-order valence-corrected chi connectivity index (χ1v) is 5.89. The number of nitrogens with one attached hydrogen (secondary N) is 1. The van der Waals surface area contributed by atoms with Gasteiger partial charge in [-0.2, -0.15) is 4.98 Å². The van der Waals surface area contributed by atoms with Crippen molar-refractivity contribution < 1.29 is 9.26 Å². The molecule has 90 valence electrons. The Bertz CT molecular complexity index is 321. The minimum Gasteiger partial charge on any atom is -0.378 e. The summed E-state index contributed by atoms with van der Waals surface area (Å²) in [5.41, 5.74) is 0. The minimum atomic E-state index is 0.453. The molecule has 0 aliphatic heterocycles. The second-order valence-corrected chi connectivity index (χ2v) is 4.25. The van der Waals surface area contributed by atoms with Crippen molar-refractivity contribution in [2.24, 2.45) is 5.92 Å². The van der Waals surface area contributed by atoms with Crippen LogP contribution in [0.5, 0.6) is 0 Å². The lowest BCUT2D eigenvalue weighted by Gasteiger charge is -2.33. The van der Waals surface area contributed by atoms with Gasteiger partial charge >= 0.3 is 0 Å². The number of hydrogen-bond acceptors (Lipinski definition) is 5. The molecule has 5 nitrogen and oxygen atoms in total. The van der Waals surface area contributed by atoms with Crippen LogP contribution in [0.2, 0.25) is 0 Å². The van der Waals surface area contributed by atoms with E-state index >= 15 is 0 Å². The lowest BCUT2D eigenvalue weighted by molar-refractivity contribution is -0.0258. The molecule has 0 spiro atoms. The SMILES string of the molecule is CCOC1CC(Cc2nc(CNC)no2)C1. The van der Waals surface area contributed by atoms with Crippen molar-refractivity contribution in [1.82, 2.24) is 15.5 Å². The van der Waals surface area contributed by atoms with Crippen molar-refractivity contribution in [2.75, 3.05) is 13.7 Å². The molecule has 0 aromatic carbocycles. The molecule has 0 amide bonds. The van der Waals surface area contributed by atoms with Crippen LogP contribution in [0.3, 0.4) is 0 Å². The molecular formula is C11H19N3O2. The summed E-state index contributed by atoms with van der Waals surface area (Å²) in [6, 6.07) is 0. The third-order valence-corrected chi connectivity index (χ3v) is 2.90. The van der Waals surface area contributed by atoms with Crippen molar-refractivity contribution in [3.63, 3.8) is 0 Å². The molecular weight excluding hydrogens is 206 g/mol. The van der Waals surface area contributed by atoms with Crippen molar-refractivity contribution >= 4 is 0 Å². The smallest absolute Gasteiger partial charge is 0.226 e. The molecule has 1 aromatic heterocycles. The van der Waals surface area contributed by atoms with Crippen molar-refractivity contribution in [3.8, 4) is 0 Å². The van der Waals surface area contributed by atoms with Crippen LogP contribution in [0.4, 0.5) is 0 Å². The Morgan fingerprint density at radius 2 is 2.31 bits per heavy atom. The molecule has 0 atom stereocenters. The van der Waals surface area contributed by atoms with Crippen LogP contribution in [0, 0.1) is 5.92 Å². The van der Waals surface area contributed by atoms with E-state index in [1.807, 2.05) is 14.0 Å². The highest BCUT2D eigenvalue weighted by atomic mass is 16.5. The first-order valence-electron chi connectivity index (χ1n) is 5.89. The highest BCUT2D eigenvalue weighted by Crippen LogP contribution is 2.32. The first kappa shape index (κ1) is 11.5. The van der Waals surface area contributed by atoms with Gasteiger partial charge in [-0.05, 0) is 32.7 Å². The van der Waals surface area contributed by atoms with Crippen LogP contribution >= 0.6 is 0 Å². The van der Waals surface area contributed by atoms with E-state index in [4.69, 9.17) is 9.26 Å². The summed E-state index contributed by atoms with van der Waals surface area (Å²) < 4.78 is 10.7. The zero-order valence-corrected chi connectivity index (χ0v) is 9.90. The van der Waals surface area contributed by atoms with Gasteiger partial charge in [0, 0.05) is 13.0 Å². The van der Waals surface area contributed by atoms with Gasteiger partial charge in [0.05, 0.1) is 12.6 Å². The summed E-state index contributed by atoms with van der Waals surface area (Å²) in [5, 5.41) is 6.89. The third-order valence-electron chi connectivity index (χ3n) is 2.90. The van der Waals surface area contributed by atoms with Gasteiger partial charge in [-0.25, -0.2) is 0 Å². The quantitative estimate of drug-likeness (QED) is 0.787. The number of aromatic nitrogens is 2. The van der Waals surface area contributed by atoms with E-state index in [0.717, 1.165) is 37.6 Å². The molecule has 2 rings (SSSR count). The average molecular weight is 225 g/mol. The Labute approximate surface area is 95.6 Å². The molecule has 1 aliphatic carbocycles. The maximum Gasteiger partial charge on any atom is 0.226 e. The van der Waals surface area contributed by atoms with E-state index in [1.165, 1.54) is 0 Å². The molecule has 16 heavy (non-hydrogen) atoms. The standard InChI is InChI=1S/C11H19N3O2/c1-3-15-9-4-8(5-9)6-11-13-10(7-12-2)14-16-11/h8-9,12H,3-7H2,1-2H3. The highest BCUT2D eigenvalue weighted by molar-refractivity contribution is 4.91. The van der Waals surface area contributed by atoms with Gasteiger partial charge in [-0.15, -0.1) is 0 Å². The van der Waals surface area contributed by atoms with Gasteiger partial charge in [0.15, 0.2) is 5.82 Å². The number of nitrogens with zero attached hydrogens (tertiary/aromatic N) is 2. The molecule has 0 unspecified atom stereocenters. The zero-order chi connectivity index (χ0) is 11.4. The van der Waals surface area contributed by atoms with Gasteiger partial charge in [0.25, 0.3) is 0 Å². The van der Waals surface area contributed by atoms with Gasteiger partial charge in [-0.1, -0.05) is 5.16 Å². The van der Waals surface area contributed by atoms with Gasteiger partial charge in [0.1, 0.15) is 0 Å². The summed E-state index contributed by atoms with van der Waals surface area (Å²) in [7, 11) is 1.87. The van der Waals surface area contributed by atoms with E-state index < -0.39 is 0 Å². The van der Waals surface area contributed by atoms with E-state index in [-0.39, 0.29) is 0 Å². The van der Waals surface area contributed by atoms with Crippen LogP contribution in [-0.2, 0) is 17.7 Å². The molecule has 0 radical (unpaired) electrons. The maximum absolute atomic E-state index is 5.51. The average Bonchev–Trinajstić information content (AvgIpc) is 2.63. The Morgan fingerprint density at radius 3 is 3.00 bits per heavy atom. The predicted octanol–water partition coefficient (Wildman–Crippen LogP) is 1.15. The van der Waals surface area contributed by atoms with Crippen molar-refractivity contribution in [3.05, 3.63) is 11.7 Å². The van der Waals surface area contributed by atoms with E-state index in [2.05, 4.69) is 15.5 Å². The topological polar surface area (TPSA) is 60.2 Å². The minimum absolute atomic E-state index is 0.453. The van der Waals surface area contributed by atoms with Gasteiger partial charge in [-0.3, -0.25) is 0 Å². The normalized spacial score (nSPS) is 24.4. The van der Waals surface area contributed by atoms with E-state index in [0.29, 0.717) is 18.6 Å². The maximum atomic E-state index is 5.51. The van der Waals surface area contributed by atoms with Crippen LogP contribution in [0.15, 0.2) is 4.52 Å². The lowest BCUT2D eigenvalue weighted by Crippen LogP contribution is -2.32. The van der Waals surface area contributed by atoms with Crippen molar-refractivity contribution in [2.45, 2.75) is 38.8 Å². The van der Waals surface area contributed by atoms with Crippen LogP contribution in [0.25, 0.3) is 0 Å². The Hall–Kier alpha value is -0.940. The fraction of sp³-hybridized carbons (Fsp3) is 0.818.